The Balaban J connectivity index is 1.19. The molecule has 3 saturated carbocycles. The van der Waals surface area contributed by atoms with Crippen LogP contribution in [0.5, 0.6) is 0 Å². The standard InChI is InChI=1S/C78H111N13O17/c1-14-17-39-89-60(41-51-33-31-48(4)32-34-51)74(103)84(9)45-61(92)79-56(35-36-65(96)108-91-70(99)54-29-22-23-30-55(54)71(91)100)72(101)90-44-53(107-16-3)42-58(90)69(98)81-78(37-24-38-78)77(106)88(13)67(52-27-20-21-28-52)76(105)87(12)59(73(102)82(6)7)43-62(93)86(11)57(40-50-25-18-19-26-50)68(97)80-66(49(5)15-2)75(104)85(10)46-63(94)83(8)47-64(89)95/h14,22-23,29-34,49-50,52-53,56-60,66-67H,1,15-21,24-28,35-47H2,2-13H3,(H,79,92)(H,80,97)(H,81,98)/t49-,53+,56-,57-,58?,59-,60-,66?,67-/m0/s1. The molecular formula is C78H111N13O17. The maximum absolute atomic E-state index is 15.6. The molecule has 5 fully saturated rings. The number of hydrogen-bond acceptors (Lipinski definition) is 17. The van der Waals surface area contributed by atoms with E-state index in [2.05, 4.69) is 22.5 Å². The van der Waals surface area contributed by atoms with E-state index in [9.17, 15) is 38.4 Å². The van der Waals surface area contributed by atoms with Crippen molar-refractivity contribution < 1.29 is 81.5 Å². The van der Waals surface area contributed by atoms with Crippen molar-refractivity contribution in [1.82, 2.24) is 65.1 Å². The van der Waals surface area contributed by atoms with Gasteiger partial charge in [0.15, 0.2) is 0 Å². The molecule has 590 valence electrons. The molecule has 6 aliphatic rings. The molecule has 108 heavy (non-hydrogen) atoms. The number of carbonyl (C=O) groups excluding carboxylic acids is 15. The van der Waals surface area contributed by atoms with E-state index in [1.807, 2.05) is 26.0 Å². The number of ether oxygens (including phenoxy) is 1. The molecule has 8 rings (SSSR count). The predicted molar refractivity (Wildman–Crippen MR) is 395 cm³/mol. The Morgan fingerprint density at radius 1 is 0.685 bits per heavy atom. The van der Waals surface area contributed by atoms with Gasteiger partial charge in [-0.3, -0.25) is 67.1 Å². The third-order valence-corrected chi connectivity index (χ3v) is 22.6. The number of aryl methyl sites for hydroxylation is 1. The van der Waals surface area contributed by atoms with Gasteiger partial charge in [-0.1, -0.05) is 112 Å². The molecule has 0 aromatic heterocycles. The zero-order chi connectivity index (χ0) is 79.2. The fraction of sp³-hybridized carbons (Fsp3) is 0.628. The van der Waals surface area contributed by atoms with Crippen LogP contribution >= 0.6 is 0 Å². The molecule has 3 heterocycles. The van der Waals surface area contributed by atoms with Crippen LogP contribution in [-0.2, 0) is 78.3 Å². The molecule has 2 unspecified atom stereocenters. The highest BCUT2D eigenvalue weighted by Gasteiger charge is 2.54. The Kier molecular flexibility index (Phi) is 29.2. The minimum absolute atomic E-state index is 0.00998. The number of hydroxylamine groups is 2. The number of nitrogens with zero attached hydrogens (tertiary/aromatic N) is 10. The predicted octanol–water partition coefficient (Wildman–Crippen LogP) is 3.02. The number of hydrogen-bond donors (Lipinski definition) is 3. The number of benzene rings is 2. The molecule has 0 bridgehead atoms. The molecule has 3 N–H and O–H groups in total. The number of fused-ring (bicyclic) bond motifs is 2. The Hall–Kier alpha value is -9.61. The van der Waals surface area contributed by atoms with Crippen LogP contribution in [0.1, 0.15) is 168 Å². The maximum atomic E-state index is 15.6. The summed E-state index contributed by atoms with van der Waals surface area (Å²) >= 11 is 0. The summed E-state index contributed by atoms with van der Waals surface area (Å²) in [4.78, 5) is 238. The highest BCUT2D eigenvalue weighted by molar-refractivity contribution is 6.21. The van der Waals surface area contributed by atoms with Gasteiger partial charge < -0.3 is 69.6 Å². The number of carbonyl (C=O) groups is 15. The quantitative estimate of drug-likeness (QED) is 0.151. The summed E-state index contributed by atoms with van der Waals surface area (Å²) in [5.41, 5.74) is -0.155. The van der Waals surface area contributed by atoms with E-state index in [1.54, 1.807) is 32.1 Å². The van der Waals surface area contributed by atoms with Crippen molar-refractivity contribution in [3.05, 3.63) is 83.4 Å². The summed E-state index contributed by atoms with van der Waals surface area (Å²) in [6.07, 6.45) is 5.94. The summed E-state index contributed by atoms with van der Waals surface area (Å²) in [5, 5.41) is 8.91. The summed E-state index contributed by atoms with van der Waals surface area (Å²) in [6.45, 7) is 8.92. The number of rotatable bonds is 17. The number of likely N-dealkylation sites (N-methyl/N-ethyl adjacent to an activating group) is 7. The first-order valence-corrected chi connectivity index (χ1v) is 38.0. The number of imide groups is 1. The zero-order valence-electron chi connectivity index (χ0n) is 64.8. The van der Waals surface area contributed by atoms with Crippen LogP contribution < -0.4 is 16.0 Å². The fourth-order valence-electron chi connectivity index (χ4n) is 15.7. The molecule has 1 spiro atoms. The van der Waals surface area contributed by atoms with Gasteiger partial charge in [-0.05, 0) is 101 Å². The molecule has 30 nitrogen and oxygen atoms in total. The van der Waals surface area contributed by atoms with Crippen molar-refractivity contribution in [2.75, 3.05) is 95.7 Å². The van der Waals surface area contributed by atoms with Gasteiger partial charge in [0.2, 0.25) is 70.9 Å². The average Bonchev–Trinajstić information content (AvgIpc) is 1.58. The Labute approximate surface area is 633 Å². The van der Waals surface area contributed by atoms with Gasteiger partial charge >= 0.3 is 5.97 Å². The van der Waals surface area contributed by atoms with E-state index < -0.39 is 193 Å². The Morgan fingerprint density at radius 3 is 1.88 bits per heavy atom. The molecule has 2 aromatic carbocycles. The van der Waals surface area contributed by atoms with Crippen LogP contribution in [0.15, 0.2) is 61.2 Å². The monoisotopic (exact) mass is 1500 g/mol. The highest BCUT2D eigenvalue weighted by atomic mass is 16.7. The number of amides is 14. The first-order valence-electron chi connectivity index (χ1n) is 38.0. The summed E-state index contributed by atoms with van der Waals surface area (Å²) in [5.74, 6) is -12.6. The van der Waals surface area contributed by atoms with E-state index in [0.717, 1.165) is 45.9 Å². The van der Waals surface area contributed by atoms with Crippen molar-refractivity contribution in [2.45, 2.75) is 204 Å². The topological polar surface area (TPSA) is 343 Å². The molecule has 3 aliphatic carbocycles. The van der Waals surface area contributed by atoms with Gasteiger partial charge in [-0.15, -0.1) is 6.58 Å². The molecule has 3 aliphatic heterocycles. The third-order valence-electron chi connectivity index (χ3n) is 22.6. The third kappa shape index (κ3) is 19.8. The normalized spacial score (nSPS) is 25.5. The SMILES string of the molecule is C=CCCN1C(=O)CN(C)C(=O)CN(C)C(=O)C([C@@H](C)CC)NC(=O)[C@H](CC2CCCC2)N(C)C(=O)C[C@@H](C(=O)N(C)C)N(C)C(=O)[C@H](C2CCCC2)N(C)C(=O)C2(CCC2)NC(=O)C2C[C@@H](OCC)CN2C(=O)[C@H](CCC(=O)ON2C(=O)c3ccccc3C2=O)NC(=O)CN(C)C(=O)[C@@H]1Cc1ccc(C)cc1. The lowest BCUT2D eigenvalue weighted by atomic mass is 9.74. The van der Waals surface area contributed by atoms with Crippen LogP contribution in [0, 0.1) is 24.7 Å². The molecule has 14 amide bonds. The van der Waals surface area contributed by atoms with Gasteiger partial charge in [0.25, 0.3) is 11.8 Å². The lowest BCUT2D eigenvalue weighted by Crippen LogP contribution is -2.68. The average molecular weight is 1500 g/mol. The number of nitrogens with one attached hydrogen (secondary N) is 3. The second kappa shape index (κ2) is 37.5. The van der Waals surface area contributed by atoms with Crippen molar-refractivity contribution in [3.63, 3.8) is 0 Å². The molecule has 2 aromatic rings. The van der Waals surface area contributed by atoms with Crippen LogP contribution in [0.4, 0.5) is 0 Å². The van der Waals surface area contributed by atoms with Crippen molar-refractivity contribution in [3.8, 4) is 0 Å². The van der Waals surface area contributed by atoms with Gasteiger partial charge in [0, 0.05) is 88.9 Å². The summed E-state index contributed by atoms with van der Waals surface area (Å²) < 4.78 is 6.06. The van der Waals surface area contributed by atoms with Gasteiger partial charge in [-0.25, -0.2) is 4.79 Å². The molecular weight excluding hydrogens is 1390 g/mol. The van der Waals surface area contributed by atoms with E-state index in [4.69, 9.17) is 9.57 Å². The summed E-state index contributed by atoms with van der Waals surface area (Å²) in [7, 11) is 11.3. The fourth-order valence-corrected chi connectivity index (χ4v) is 15.7. The first-order chi connectivity index (χ1) is 51.3. The van der Waals surface area contributed by atoms with E-state index in [0.29, 0.717) is 49.2 Å². The van der Waals surface area contributed by atoms with Crippen LogP contribution in [0.2, 0.25) is 0 Å². The van der Waals surface area contributed by atoms with Gasteiger partial charge in [0.1, 0.15) is 47.8 Å². The lowest BCUT2D eigenvalue weighted by Gasteiger charge is -2.46. The first kappa shape index (κ1) is 84.0. The van der Waals surface area contributed by atoms with Crippen LogP contribution in [-0.4, -0.2) is 287 Å². The summed E-state index contributed by atoms with van der Waals surface area (Å²) in [6, 6.07) is 3.50. The van der Waals surface area contributed by atoms with Crippen molar-refractivity contribution in [2.24, 2.45) is 17.8 Å². The second-order valence-electron chi connectivity index (χ2n) is 30.4. The van der Waals surface area contributed by atoms with Gasteiger partial charge in [-0.2, -0.15) is 0 Å². The lowest BCUT2D eigenvalue weighted by molar-refractivity contribution is -0.169. The molecule has 2 saturated heterocycles. The van der Waals surface area contributed by atoms with Gasteiger partial charge in [0.05, 0.1) is 49.7 Å². The Bertz CT molecular complexity index is 3670. The van der Waals surface area contributed by atoms with Crippen molar-refractivity contribution in [1.29, 1.82) is 0 Å². The zero-order valence-corrected chi connectivity index (χ0v) is 64.8. The highest BCUT2D eigenvalue weighted by Crippen LogP contribution is 2.39. The smallest absolute Gasteiger partial charge is 0.333 e. The van der Waals surface area contributed by atoms with E-state index in [-0.39, 0.29) is 75.3 Å². The van der Waals surface area contributed by atoms with E-state index in [1.165, 1.54) is 110 Å². The molecule has 0 radical (unpaired) electrons. The van der Waals surface area contributed by atoms with Crippen LogP contribution in [0.25, 0.3) is 0 Å². The maximum Gasteiger partial charge on any atom is 0.333 e. The van der Waals surface area contributed by atoms with Crippen LogP contribution in [0.3, 0.4) is 0 Å². The van der Waals surface area contributed by atoms with E-state index >= 15 is 33.6 Å². The largest absolute Gasteiger partial charge is 0.377 e. The molecule has 30 heteroatoms. The van der Waals surface area contributed by atoms with Crippen molar-refractivity contribution >= 4 is 88.7 Å². The molecule has 9 atom stereocenters. The second-order valence-corrected chi connectivity index (χ2v) is 30.4. The minimum Gasteiger partial charge on any atom is -0.377 e. The minimum atomic E-state index is -1.71. The Morgan fingerprint density at radius 2 is 1.30 bits per heavy atom.